The van der Waals surface area contributed by atoms with Crippen LogP contribution in [-0.4, -0.2) is 37.7 Å². The SMILES string of the molecule is NC[C@@H](c1ccccc1C(F)(F)F)N1CCOCC1. The average Bonchev–Trinajstić information content (AvgIpc) is 2.40. The van der Waals surface area contributed by atoms with Crippen LogP contribution in [0.15, 0.2) is 24.3 Å². The zero-order valence-corrected chi connectivity index (χ0v) is 10.5. The van der Waals surface area contributed by atoms with Crippen molar-refractivity contribution >= 4 is 0 Å². The van der Waals surface area contributed by atoms with E-state index in [1.807, 2.05) is 4.90 Å². The van der Waals surface area contributed by atoms with E-state index >= 15 is 0 Å². The Morgan fingerprint density at radius 2 is 1.84 bits per heavy atom. The lowest BCUT2D eigenvalue weighted by Crippen LogP contribution is -2.42. The first-order valence-electron chi connectivity index (χ1n) is 6.22. The lowest BCUT2D eigenvalue weighted by atomic mass is 9.98. The van der Waals surface area contributed by atoms with Crippen molar-refractivity contribution in [1.29, 1.82) is 0 Å². The summed E-state index contributed by atoms with van der Waals surface area (Å²) in [6, 6.07) is 5.22. The summed E-state index contributed by atoms with van der Waals surface area (Å²) in [5.74, 6) is 0. The van der Waals surface area contributed by atoms with E-state index < -0.39 is 17.8 Å². The molecule has 1 aliphatic heterocycles. The monoisotopic (exact) mass is 274 g/mol. The molecular formula is C13H17F3N2O. The van der Waals surface area contributed by atoms with Crippen molar-refractivity contribution in [3.63, 3.8) is 0 Å². The molecule has 2 rings (SSSR count). The topological polar surface area (TPSA) is 38.5 Å². The molecule has 1 saturated heterocycles. The fraction of sp³-hybridized carbons (Fsp3) is 0.538. The summed E-state index contributed by atoms with van der Waals surface area (Å²) < 4.78 is 44.3. The van der Waals surface area contributed by atoms with Gasteiger partial charge in [-0.3, -0.25) is 4.90 Å². The Morgan fingerprint density at radius 1 is 1.21 bits per heavy atom. The number of hydrogen-bond donors (Lipinski definition) is 1. The Bertz CT molecular complexity index is 417. The predicted molar refractivity (Wildman–Crippen MR) is 65.6 cm³/mol. The minimum absolute atomic E-state index is 0.160. The highest BCUT2D eigenvalue weighted by atomic mass is 19.4. The van der Waals surface area contributed by atoms with Crippen LogP contribution in [-0.2, 0) is 10.9 Å². The van der Waals surface area contributed by atoms with E-state index in [9.17, 15) is 13.2 Å². The van der Waals surface area contributed by atoms with Crippen LogP contribution in [0.25, 0.3) is 0 Å². The van der Waals surface area contributed by atoms with Crippen LogP contribution in [0, 0.1) is 0 Å². The molecule has 3 nitrogen and oxygen atoms in total. The van der Waals surface area contributed by atoms with Crippen molar-refractivity contribution in [3.8, 4) is 0 Å². The molecule has 1 aromatic carbocycles. The number of ether oxygens (including phenoxy) is 1. The molecule has 2 N–H and O–H groups in total. The van der Waals surface area contributed by atoms with Gasteiger partial charge in [-0.15, -0.1) is 0 Å². The summed E-state index contributed by atoms with van der Waals surface area (Å²) in [4.78, 5) is 1.95. The highest BCUT2D eigenvalue weighted by molar-refractivity contribution is 5.32. The zero-order chi connectivity index (χ0) is 13.9. The first-order chi connectivity index (χ1) is 9.04. The van der Waals surface area contributed by atoms with Gasteiger partial charge in [-0.25, -0.2) is 0 Å². The number of rotatable bonds is 3. The zero-order valence-electron chi connectivity index (χ0n) is 10.5. The molecule has 19 heavy (non-hydrogen) atoms. The molecule has 0 radical (unpaired) electrons. The number of benzene rings is 1. The van der Waals surface area contributed by atoms with Crippen LogP contribution in [0.3, 0.4) is 0 Å². The van der Waals surface area contributed by atoms with E-state index in [4.69, 9.17) is 10.5 Å². The molecule has 0 bridgehead atoms. The molecule has 0 amide bonds. The Kier molecular flexibility index (Phi) is 4.44. The van der Waals surface area contributed by atoms with Crippen molar-refractivity contribution in [3.05, 3.63) is 35.4 Å². The molecule has 0 spiro atoms. The molecule has 106 valence electrons. The lowest BCUT2D eigenvalue weighted by molar-refractivity contribution is -0.139. The molecule has 0 saturated carbocycles. The van der Waals surface area contributed by atoms with Crippen molar-refractivity contribution in [1.82, 2.24) is 4.90 Å². The van der Waals surface area contributed by atoms with Gasteiger partial charge in [0.1, 0.15) is 0 Å². The minimum atomic E-state index is -4.35. The van der Waals surface area contributed by atoms with Gasteiger partial charge in [0.2, 0.25) is 0 Å². The first-order valence-corrected chi connectivity index (χ1v) is 6.22. The number of nitrogens with zero attached hydrogens (tertiary/aromatic N) is 1. The molecule has 1 heterocycles. The van der Waals surface area contributed by atoms with Crippen molar-refractivity contribution in [2.24, 2.45) is 5.73 Å². The maximum atomic E-state index is 13.0. The normalized spacial score (nSPS) is 19.4. The molecule has 1 fully saturated rings. The molecule has 6 heteroatoms. The Labute approximate surface area is 110 Å². The van der Waals surface area contributed by atoms with Crippen LogP contribution in [0.2, 0.25) is 0 Å². The van der Waals surface area contributed by atoms with Gasteiger partial charge in [0.05, 0.1) is 18.8 Å². The van der Waals surface area contributed by atoms with Gasteiger partial charge < -0.3 is 10.5 Å². The fourth-order valence-electron chi connectivity index (χ4n) is 2.41. The second kappa shape index (κ2) is 5.90. The van der Waals surface area contributed by atoms with Gasteiger partial charge in [-0.2, -0.15) is 13.2 Å². The largest absolute Gasteiger partial charge is 0.416 e. The van der Waals surface area contributed by atoms with Gasteiger partial charge in [-0.05, 0) is 11.6 Å². The van der Waals surface area contributed by atoms with E-state index in [1.54, 1.807) is 6.07 Å². The molecule has 0 unspecified atom stereocenters. The molecular weight excluding hydrogens is 257 g/mol. The van der Waals surface area contributed by atoms with Crippen LogP contribution in [0.5, 0.6) is 0 Å². The van der Waals surface area contributed by atoms with Crippen molar-refractivity contribution in [2.45, 2.75) is 12.2 Å². The second-order valence-corrected chi connectivity index (χ2v) is 4.48. The number of halogens is 3. The van der Waals surface area contributed by atoms with E-state index in [0.717, 1.165) is 6.07 Å². The molecule has 0 aromatic heterocycles. The molecule has 0 aliphatic carbocycles. The van der Waals surface area contributed by atoms with Gasteiger partial charge in [-0.1, -0.05) is 18.2 Å². The van der Waals surface area contributed by atoms with Crippen molar-refractivity contribution < 1.29 is 17.9 Å². The van der Waals surface area contributed by atoms with Crippen LogP contribution >= 0.6 is 0 Å². The second-order valence-electron chi connectivity index (χ2n) is 4.48. The lowest BCUT2D eigenvalue weighted by Gasteiger charge is -2.35. The summed E-state index contributed by atoms with van der Waals surface area (Å²) in [6.45, 7) is 2.44. The van der Waals surface area contributed by atoms with E-state index in [0.29, 0.717) is 26.3 Å². The van der Waals surface area contributed by atoms with Gasteiger partial charge >= 0.3 is 6.18 Å². The third kappa shape index (κ3) is 3.26. The number of nitrogens with two attached hydrogens (primary N) is 1. The standard InChI is InChI=1S/C13H17F3N2O/c14-13(15,16)11-4-2-1-3-10(11)12(9-17)18-5-7-19-8-6-18/h1-4,12H,5-9,17H2/t12-/m0/s1. The summed E-state index contributed by atoms with van der Waals surface area (Å²) in [6.07, 6.45) is -4.35. The number of hydrogen-bond acceptors (Lipinski definition) is 3. The third-order valence-electron chi connectivity index (χ3n) is 3.33. The molecule has 1 aliphatic rings. The maximum Gasteiger partial charge on any atom is 0.416 e. The first kappa shape index (κ1) is 14.3. The number of alkyl halides is 3. The summed E-state index contributed by atoms with van der Waals surface area (Å²) in [7, 11) is 0. The van der Waals surface area contributed by atoms with Crippen molar-refractivity contribution in [2.75, 3.05) is 32.8 Å². The minimum Gasteiger partial charge on any atom is -0.379 e. The van der Waals surface area contributed by atoms with Gasteiger partial charge in [0.25, 0.3) is 0 Å². The van der Waals surface area contributed by atoms with E-state index in [1.165, 1.54) is 12.1 Å². The highest BCUT2D eigenvalue weighted by Gasteiger charge is 2.36. The molecule has 1 atom stereocenters. The van der Waals surface area contributed by atoms with Crippen LogP contribution < -0.4 is 5.73 Å². The van der Waals surface area contributed by atoms with Gasteiger partial charge in [0, 0.05) is 25.7 Å². The van der Waals surface area contributed by atoms with Crippen LogP contribution in [0.1, 0.15) is 17.2 Å². The van der Waals surface area contributed by atoms with Crippen LogP contribution in [0.4, 0.5) is 13.2 Å². The highest BCUT2D eigenvalue weighted by Crippen LogP contribution is 2.36. The Hall–Kier alpha value is -1.11. The average molecular weight is 274 g/mol. The quantitative estimate of drug-likeness (QED) is 0.916. The Morgan fingerprint density at radius 3 is 2.42 bits per heavy atom. The Balaban J connectivity index is 2.32. The smallest absolute Gasteiger partial charge is 0.379 e. The fourth-order valence-corrected chi connectivity index (χ4v) is 2.41. The van der Waals surface area contributed by atoms with E-state index in [-0.39, 0.29) is 12.1 Å². The van der Waals surface area contributed by atoms with E-state index in [2.05, 4.69) is 0 Å². The van der Waals surface area contributed by atoms with Gasteiger partial charge in [0.15, 0.2) is 0 Å². The predicted octanol–water partition coefficient (Wildman–Crippen LogP) is 2.04. The summed E-state index contributed by atoms with van der Waals surface area (Å²) in [5, 5.41) is 0. The third-order valence-corrected chi connectivity index (χ3v) is 3.33. The maximum absolute atomic E-state index is 13.0. The summed E-state index contributed by atoms with van der Waals surface area (Å²) in [5.41, 5.74) is 5.35. The number of morpholine rings is 1. The molecule has 1 aromatic rings. The summed E-state index contributed by atoms with van der Waals surface area (Å²) >= 11 is 0.